The van der Waals surface area contributed by atoms with Crippen molar-refractivity contribution in [1.82, 2.24) is 14.1 Å². The third-order valence-electron chi connectivity index (χ3n) is 5.97. The molecule has 0 bridgehead atoms. The van der Waals surface area contributed by atoms with E-state index < -0.39 is 10.0 Å². The number of benzene rings is 2. The molecule has 9 heteroatoms. The lowest BCUT2D eigenvalue weighted by Crippen LogP contribution is -2.33. The van der Waals surface area contributed by atoms with Crippen molar-refractivity contribution >= 4 is 54.0 Å². The quantitative estimate of drug-likeness (QED) is 0.367. The van der Waals surface area contributed by atoms with Gasteiger partial charge in [0.15, 0.2) is 0 Å². The second-order valence-electron chi connectivity index (χ2n) is 8.09. The van der Waals surface area contributed by atoms with E-state index in [1.807, 2.05) is 25.1 Å². The van der Waals surface area contributed by atoms with Gasteiger partial charge in [0.25, 0.3) is 10.0 Å². The Balaban J connectivity index is 1.46. The molecule has 0 spiro atoms. The summed E-state index contributed by atoms with van der Waals surface area (Å²) in [5.41, 5.74) is 1.19. The molecule has 0 N–H and O–H groups in total. The number of nitrogens with zero attached hydrogens (tertiary/aromatic N) is 3. The molecule has 5 rings (SSSR count). The van der Waals surface area contributed by atoms with Crippen molar-refractivity contribution in [3.8, 4) is 5.75 Å². The van der Waals surface area contributed by atoms with Gasteiger partial charge in [0.1, 0.15) is 16.6 Å². The molecule has 168 valence electrons. The normalized spacial score (nSPS) is 15.6. The minimum atomic E-state index is -3.86. The number of aryl methyl sites for hydroxylation is 1. The summed E-state index contributed by atoms with van der Waals surface area (Å²) in [5, 5.41) is 6.37. The van der Waals surface area contributed by atoms with E-state index in [1.165, 1.54) is 30.6 Å². The second-order valence-corrected chi connectivity index (χ2v) is 11.5. The predicted molar refractivity (Wildman–Crippen MR) is 130 cm³/mol. The van der Waals surface area contributed by atoms with Crippen LogP contribution in [-0.2, 0) is 10.0 Å². The summed E-state index contributed by atoms with van der Waals surface area (Å²) in [6, 6.07) is 10.9. The van der Waals surface area contributed by atoms with E-state index in [0.29, 0.717) is 33.8 Å². The number of rotatable bonds is 6. The minimum Gasteiger partial charge on any atom is -0.491 e. The average Bonchev–Trinajstić information content (AvgIpc) is 3.37. The standard InChI is InChI=1S/C23H24ClN3O3S2/c1-16-18-14-17(24)8-9-22(18)31-23(16)32(28,29)27-20-6-5-7-21(19(20)15-25-27)30-13-12-26-10-3-2-4-11-26/h5-9,14-15H,2-4,10-13H2,1H3. The maximum absolute atomic E-state index is 13.5. The number of thiophene rings is 1. The summed E-state index contributed by atoms with van der Waals surface area (Å²) in [6.45, 7) is 5.47. The maximum atomic E-state index is 13.5. The molecular weight excluding hydrogens is 466 g/mol. The van der Waals surface area contributed by atoms with Crippen LogP contribution in [0.1, 0.15) is 24.8 Å². The lowest BCUT2D eigenvalue weighted by atomic mass is 10.1. The van der Waals surface area contributed by atoms with Gasteiger partial charge in [-0.1, -0.05) is 24.1 Å². The first-order valence-corrected chi connectivity index (χ1v) is 13.3. The minimum absolute atomic E-state index is 0.274. The molecule has 2 aromatic heterocycles. The molecule has 0 unspecified atom stereocenters. The van der Waals surface area contributed by atoms with Crippen molar-refractivity contribution in [3.05, 3.63) is 53.2 Å². The maximum Gasteiger partial charge on any atom is 0.293 e. The molecule has 32 heavy (non-hydrogen) atoms. The molecular formula is C23H24ClN3O3S2. The summed E-state index contributed by atoms with van der Waals surface area (Å²) < 4.78 is 35.4. The molecule has 1 aliphatic heterocycles. The Morgan fingerprint density at radius 2 is 1.94 bits per heavy atom. The number of ether oxygens (including phenoxy) is 1. The van der Waals surface area contributed by atoms with Crippen molar-refractivity contribution in [1.29, 1.82) is 0 Å². The Morgan fingerprint density at radius 3 is 2.75 bits per heavy atom. The van der Waals surface area contributed by atoms with E-state index in [9.17, 15) is 8.42 Å². The highest BCUT2D eigenvalue weighted by molar-refractivity contribution is 7.92. The van der Waals surface area contributed by atoms with E-state index in [2.05, 4.69) is 10.00 Å². The highest BCUT2D eigenvalue weighted by Gasteiger charge is 2.27. The zero-order valence-electron chi connectivity index (χ0n) is 17.8. The molecule has 0 atom stereocenters. The van der Waals surface area contributed by atoms with Crippen LogP contribution in [0.5, 0.6) is 5.75 Å². The van der Waals surface area contributed by atoms with E-state index in [-0.39, 0.29) is 4.21 Å². The largest absolute Gasteiger partial charge is 0.491 e. The van der Waals surface area contributed by atoms with Crippen LogP contribution in [0.4, 0.5) is 0 Å². The molecule has 1 aliphatic rings. The van der Waals surface area contributed by atoms with Gasteiger partial charge in [-0.25, -0.2) is 0 Å². The van der Waals surface area contributed by atoms with Crippen LogP contribution in [0.15, 0.2) is 46.8 Å². The van der Waals surface area contributed by atoms with Crippen LogP contribution in [-0.4, -0.2) is 48.7 Å². The van der Waals surface area contributed by atoms with E-state index in [0.717, 1.165) is 33.8 Å². The van der Waals surface area contributed by atoms with Gasteiger partial charge >= 0.3 is 0 Å². The number of aromatic nitrogens is 2. The van der Waals surface area contributed by atoms with Gasteiger partial charge in [0.2, 0.25) is 0 Å². The highest BCUT2D eigenvalue weighted by Crippen LogP contribution is 2.37. The monoisotopic (exact) mass is 489 g/mol. The molecule has 1 saturated heterocycles. The number of hydrogen-bond acceptors (Lipinski definition) is 6. The van der Waals surface area contributed by atoms with Gasteiger partial charge in [0.05, 0.1) is 17.1 Å². The van der Waals surface area contributed by atoms with E-state index in [1.54, 1.807) is 24.4 Å². The first-order valence-electron chi connectivity index (χ1n) is 10.7. The van der Waals surface area contributed by atoms with Crippen LogP contribution in [0.3, 0.4) is 0 Å². The summed E-state index contributed by atoms with van der Waals surface area (Å²) in [7, 11) is -3.86. The fourth-order valence-corrected chi connectivity index (χ4v) is 7.52. The zero-order chi connectivity index (χ0) is 22.3. The third-order valence-corrected chi connectivity index (χ3v) is 9.68. The van der Waals surface area contributed by atoms with Gasteiger partial charge < -0.3 is 4.74 Å². The SMILES string of the molecule is Cc1c(S(=O)(=O)n2ncc3c(OCCN4CCCCC4)cccc32)sc2ccc(Cl)cc12. The number of fused-ring (bicyclic) bond motifs is 2. The highest BCUT2D eigenvalue weighted by atomic mass is 35.5. The van der Waals surface area contributed by atoms with E-state index >= 15 is 0 Å². The Kier molecular flexibility index (Phi) is 5.88. The second kappa shape index (κ2) is 8.67. The number of piperidine rings is 1. The van der Waals surface area contributed by atoms with Crippen molar-refractivity contribution in [2.45, 2.75) is 30.4 Å². The Bertz CT molecular complexity index is 1390. The van der Waals surface area contributed by atoms with Crippen molar-refractivity contribution in [3.63, 3.8) is 0 Å². The molecule has 4 aromatic rings. The molecule has 1 fully saturated rings. The fraction of sp³-hybridized carbons (Fsp3) is 0.348. The number of halogens is 1. The van der Waals surface area contributed by atoms with E-state index in [4.69, 9.17) is 16.3 Å². The summed E-state index contributed by atoms with van der Waals surface area (Å²) >= 11 is 7.36. The zero-order valence-corrected chi connectivity index (χ0v) is 20.1. The van der Waals surface area contributed by atoms with Crippen LogP contribution < -0.4 is 4.74 Å². The lowest BCUT2D eigenvalue weighted by Gasteiger charge is -2.26. The fourth-order valence-electron chi connectivity index (χ4n) is 4.28. The molecule has 0 radical (unpaired) electrons. The van der Waals surface area contributed by atoms with Crippen LogP contribution in [0.2, 0.25) is 5.02 Å². The van der Waals surface area contributed by atoms with Crippen LogP contribution in [0.25, 0.3) is 21.0 Å². The van der Waals surface area contributed by atoms with Gasteiger partial charge in [-0.15, -0.1) is 11.3 Å². The molecule has 0 saturated carbocycles. The summed E-state index contributed by atoms with van der Waals surface area (Å²) in [5.74, 6) is 0.654. The first kappa shape index (κ1) is 21.7. The predicted octanol–water partition coefficient (Wildman–Crippen LogP) is 5.31. The third kappa shape index (κ3) is 3.90. The van der Waals surface area contributed by atoms with Crippen LogP contribution >= 0.6 is 22.9 Å². The van der Waals surface area contributed by atoms with Crippen molar-refractivity contribution < 1.29 is 13.2 Å². The molecule has 3 heterocycles. The average molecular weight is 490 g/mol. The smallest absolute Gasteiger partial charge is 0.293 e. The van der Waals surface area contributed by atoms with Crippen molar-refractivity contribution in [2.24, 2.45) is 0 Å². The molecule has 6 nitrogen and oxygen atoms in total. The molecule has 2 aromatic carbocycles. The number of likely N-dealkylation sites (tertiary alicyclic amines) is 1. The Morgan fingerprint density at radius 1 is 1.12 bits per heavy atom. The lowest BCUT2D eigenvalue weighted by molar-refractivity contribution is 0.184. The topological polar surface area (TPSA) is 64.4 Å². The van der Waals surface area contributed by atoms with Crippen molar-refractivity contribution in [2.75, 3.05) is 26.2 Å². The molecule has 0 amide bonds. The Labute approximate surface area is 196 Å². The van der Waals surface area contributed by atoms with Gasteiger partial charge in [-0.3, -0.25) is 4.90 Å². The van der Waals surface area contributed by atoms with Gasteiger partial charge in [-0.2, -0.15) is 17.6 Å². The Hall–Kier alpha value is -2.13. The van der Waals surface area contributed by atoms with Gasteiger partial charge in [0, 0.05) is 16.3 Å². The summed E-state index contributed by atoms with van der Waals surface area (Å²) in [6.07, 6.45) is 5.35. The van der Waals surface area contributed by atoms with Gasteiger partial charge in [-0.05, 0) is 74.1 Å². The summed E-state index contributed by atoms with van der Waals surface area (Å²) in [4.78, 5) is 2.41. The number of hydrogen-bond donors (Lipinski definition) is 0. The molecule has 0 aliphatic carbocycles. The first-order chi connectivity index (χ1) is 15.4. The van der Waals surface area contributed by atoms with Crippen LogP contribution in [0, 0.1) is 6.92 Å².